The zero-order valence-electron chi connectivity index (χ0n) is 47.6. The van der Waals surface area contributed by atoms with Gasteiger partial charge in [-0.3, -0.25) is 0 Å². The summed E-state index contributed by atoms with van der Waals surface area (Å²) in [5.41, 5.74) is 15.5. The van der Waals surface area contributed by atoms with Crippen LogP contribution in [0.25, 0.3) is 64.6 Å². The van der Waals surface area contributed by atoms with Crippen molar-refractivity contribution in [2.24, 2.45) is 11.5 Å². The van der Waals surface area contributed by atoms with E-state index in [2.05, 4.69) is 229 Å². The molecule has 0 saturated heterocycles. The summed E-state index contributed by atoms with van der Waals surface area (Å²) in [4.78, 5) is 0. The Hall–Kier alpha value is -8.68. The van der Waals surface area contributed by atoms with Crippen LogP contribution in [-0.4, -0.2) is 26.3 Å². The number of ether oxygens (including phenoxy) is 2. The first-order valence-corrected chi connectivity index (χ1v) is 26.7. The van der Waals surface area contributed by atoms with E-state index >= 15 is 0 Å². The number of hydrogen-bond acceptors (Lipinski definition) is 4. The average Bonchev–Trinajstić information content (AvgIpc) is 3.38. The minimum atomic E-state index is -0.155. The lowest BCUT2D eigenvalue weighted by Crippen LogP contribution is -2.10. The molecule has 4 heteroatoms. The molecule has 0 aliphatic rings. The molecule has 0 atom stereocenters. The molecule has 0 amide bonds. The zero-order valence-corrected chi connectivity index (χ0v) is 47.6. The predicted octanol–water partition coefficient (Wildman–Crippen LogP) is 16.2. The molecule has 388 valence electrons. The molecule has 0 saturated carbocycles. The Morgan fingerprint density at radius 3 is 0.628 bits per heavy atom. The monoisotopic (exact) mass is 1020 g/mol. The second-order valence-electron chi connectivity index (χ2n) is 23.7. The highest BCUT2D eigenvalue weighted by Gasteiger charge is 2.16. The number of hydrogen-bond donors (Lipinski definition) is 2. The smallest absolute Gasteiger partial charge is 0.121 e. The molecule has 0 aliphatic heterocycles. The maximum Gasteiger partial charge on any atom is 0.121 e. The number of rotatable bonds is 8. The minimum absolute atomic E-state index is 0.155. The van der Waals surface area contributed by atoms with Gasteiger partial charge in [0.1, 0.15) is 11.5 Å². The number of nitrogens with two attached hydrogens (primary N) is 2. The van der Waals surface area contributed by atoms with Crippen molar-refractivity contribution in [1.82, 2.24) is 0 Å². The van der Waals surface area contributed by atoms with Gasteiger partial charge in [-0.15, -0.1) is 0 Å². The fraction of sp³-hybridized carbons (Fsp3) is 0.297. The van der Waals surface area contributed by atoms with Gasteiger partial charge in [-0.25, -0.2) is 0 Å². The SMILES string of the molecule is CC(C)(C)c1cc2c#cc#cc3cc(C(C)(C)C)cc(c#cc4cc(OCCCN)cc(c#cc5cc(C(C)(C)C)cc(c#cc#cc6cc(C(C)(C)C)cc(c#cc7cc(OCCCN)cc(c#cc(c1)c2)c7)c6)c5)c4)c3. The lowest BCUT2D eigenvalue weighted by molar-refractivity contribution is 0.314. The van der Waals surface area contributed by atoms with Crippen LogP contribution < -0.4 is 20.9 Å². The lowest BCUT2D eigenvalue weighted by atomic mass is 9.86. The zero-order chi connectivity index (χ0) is 56.1. The largest absolute Gasteiger partial charge is 0.493 e. The summed E-state index contributed by atoms with van der Waals surface area (Å²) < 4.78 is 12.4. The van der Waals surface area contributed by atoms with Crippen LogP contribution in [0.1, 0.15) is 118 Å². The molecule has 7 rings (SSSR count). The Bertz CT molecular complexity index is 3190. The standard InChI is InChI=1S/C74H70N2O2/c1-71(2,3)65-41-53-19-13-14-20-54-36-58(46-66(42-54)72(4,5)6)25-29-63-40-64(52-70(51-63)78-34-18-32-76)30-26-60-38-56(44-68(48-60)74(10,11)12)22-16-15-21-55-37-59(47-67(43-55)73(7,8)9)24-28-62-39-61(27-23-57(35-53)45-65)49-69(50-62)77-33-17-31-75/h35-52H,17-18,31-34,75-76H2,1-12H3. The third-order valence-corrected chi connectivity index (χ3v) is 12.6. The molecule has 0 heterocycles. The van der Waals surface area contributed by atoms with Gasteiger partial charge < -0.3 is 20.9 Å². The third kappa shape index (κ3) is 17.2. The topological polar surface area (TPSA) is 70.5 Å². The molecule has 0 aliphatic carbocycles. The summed E-state index contributed by atoms with van der Waals surface area (Å²) >= 11 is 0. The minimum Gasteiger partial charge on any atom is -0.493 e. The van der Waals surface area contributed by atoms with Gasteiger partial charge >= 0.3 is 0 Å². The Labute approximate surface area is 467 Å². The first-order chi connectivity index (χ1) is 37.0. The van der Waals surface area contributed by atoms with E-state index < -0.39 is 0 Å². The molecule has 0 unspecified atom stereocenters. The van der Waals surface area contributed by atoms with Crippen molar-refractivity contribution < 1.29 is 9.47 Å². The van der Waals surface area contributed by atoms with Gasteiger partial charge in [0.2, 0.25) is 0 Å². The fourth-order valence-electron chi connectivity index (χ4n) is 8.01. The van der Waals surface area contributed by atoms with E-state index in [-0.39, 0.29) is 21.7 Å². The highest BCUT2D eigenvalue weighted by atomic mass is 16.5. The van der Waals surface area contributed by atoms with Gasteiger partial charge in [0.15, 0.2) is 0 Å². The van der Waals surface area contributed by atoms with E-state index in [0.29, 0.717) is 37.8 Å². The third-order valence-electron chi connectivity index (χ3n) is 12.6. The molecule has 0 radical (unpaired) electrons. The van der Waals surface area contributed by atoms with Crippen LogP contribution in [0.15, 0.2) is 109 Å². The van der Waals surface area contributed by atoms with Crippen molar-refractivity contribution in [2.75, 3.05) is 26.3 Å². The predicted molar refractivity (Wildman–Crippen MR) is 323 cm³/mol. The maximum absolute atomic E-state index is 6.19. The number of benzene rings is 6. The lowest BCUT2D eigenvalue weighted by Gasteiger charge is -2.18. The first-order valence-electron chi connectivity index (χ1n) is 26.7. The van der Waals surface area contributed by atoms with E-state index in [1.165, 1.54) is 0 Å². The van der Waals surface area contributed by atoms with E-state index in [1.54, 1.807) is 0 Å². The Morgan fingerprint density at radius 2 is 0.449 bits per heavy atom. The summed E-state index contributed by atoms with van der Waals surface area (Å²) in [6, 6.07) is 90.2. The molecular weight excluding hydrogens is 949 g/mol. The second kappa shape index (κ2) is 25.0. The van der Waals surface area contributed by atoms with Crippen molar-refractivity contribution in [3.63, 3.8) is 0 Å². The van der Waals surface area contributed by atoms with Crippen LogP contribution in [0, 0.1) is 97.1 Å². The second-order valence-corrected chi connectivity index (χ2v) is 23.7. The molecule has 4 nitrogen and oxygen atoms in total. The average molecular weight is 1020 g/mol. The Kier molecular flexibility index (Phi) is 18.3. The van der Waals surface area contributed by atoms with Gasteiger partial charge in [0.05, 0.1) is 13.2 Å². The summed E-state index contributed by atoms with van der Waals surface area (Å²) in [6.45, 7) is 28.3. The molecule has 7 aromatic carbocycles. The van der Waals surface area contributed by atoms with Gasteiger partial charge in [0, 0.05) is 64.6 Å². The fourth-order valence-corrected chi connectivity index (χ4v) is 8.01. The molecular formula is C74H70N2O2. The van der Waals surface area contributed by atoms with Gasteiger partial charge in [-0.1, -0.05) is 156 Å². The summed E-state index contributed by atoms with van der Waals surface area (Å²) in [6.07, 6.45) is 1.44. The summed E-state index contributed by atoms with van der Waals surface area (Å²) in [5, 5.41) is 9.76. The molecule has 7 aromatic rings. The van der Waals surface area contributed by atoms with Crippen molar-refractivity contribution in [1.29, 1.82) is 0 Å². The Morgan fingerprint density at radius 1 is 0.269 bits per heavy atom. The highest BCUT2D eigenvalue weighted by Crippen LogP contribution is 2.28. The quantitative estimate of drug-likeness (QED) is 0.149. The van der Waals surface area contributed by atoms with Gasteiger partial charge in [0.25, 0.3) is 0 Å². The van der Waals surface area contributed by atoms with Crippen molar-refractivity contribution in [3.8, 4) is 11.5 Å². The normalized spacial score (nSPS) is 10.9. The summed E-state index contributed by atoms with van der Waals surface area (Å²) in [5.74, 6) is 1.36. The molecule has 0 fully saturated rings. The van der Waals surface area contributed by atoms with Crippen LogP contribution in [0.4, 0.5) is 0 Å². The van der Waals surface area contributed by atoms with Gasteiger partial charge in [-0.05, 0) is 203 Å². The van der Waals surface area contributed by atoms with Crippen molar-refractivity contribution in [3.05, 3.63) is 229 Å². The van der Waals surface area contributed by atoms with Gasteiger partial charge in [-0.2, -0.15) is 0 Å². The van der Waals surface area contributed by atoms with Crippen molar-refractivity contribution >= 4 is 64.6 Å². The molecule has 0 aromatic heterocycles. The molecule has 12 bridgehead atoms. The molecule has 0 spiro atoms. The van der Waals surface area contributed by atoms with Crippen LogP contribution in [0.5, 0.6) is 11.5 Å². The van der Waals surface area contributed by atoms with E-state index in [9.17, 15) is 0 Å². The Balaban J connectivity index is 1.52. The van der Waals surface area contributed by atoms with Crippen LogP contribution in [-0.2, 0) is 21.7 Å². The van der Waals surface area contributed by atoms with E-state index in [1.807, 2.05) is 60.7 Å². The molecule has 4 N–H and O–H groups in total. The maximum atomic E-state index is 6.19. The van der Waals surface area contributed by atoms with E-state index in [4.69, 9.17) is 20.9 Å². The van der Waals surface area contributed by atoms with Crippen molar-refractivity contribution in [2.45, 2.75) is 118 Å². The first kappa shape index (κ1) is 57.0. The van der Waals surface area contributed by atoms with Crippen LogP contribution >= 0.6 is 0 Å². The number of fused-ring (bicyclic) bond motifs is 12. The summed E-state index contributed by atoms with van der Waals surface area (Å²) in [7, 11) is 0. The molecule has 78 heavy (non-hydrogen) atoms. The van der Waals surface area contributed by atoms with Crippen LogP contribution in [0.2, 0.25) is 0 Å². The van der Waals surface area contributed by atoms with E-state index in [0.717, 1.165) is 99.7 Å². The highest BCUT2D eigenvalue weighted by molar-refractivity contribution is 5.74. The van der Waals surface area contributed by atoms with Crippen LogP contribution in [0.3, 0.4) is 0 Å².